The van der Waals surface area contributed by atoms with E-state index in [1.807, 2.05) is 37.3 Å². The van der Waals surface area contributed by atoms with Crippen LogP contribution in [0, 0.1) is 18.8 Å². The van der Waals surface area contributed by atoms with Gasteiger partial charge in [-0.1, -0.05) is 24.0 Å². The van der Waals surface area contributed by atoms with Crippen LogP contribution in [-0.4, -0.2) is 18.6 Å². The fraction of sp³-hybridized carbons (Fsp3) is 0.235. The van der Waals surface area contributed by atoms with Gasteiger partial charge in [0.2, 0.25) is 5.88 Å². The molecule has 4 heteroatoms. The summed E-state index contributed by atoms with van der Waals surface area (Å²) in [5, 5.41) is 0. The number of rotatable bonds is 4. The predicted molar refractivity (Wildman–Crippen MR) is 82.2 cm³/mol. The molecule has 0 bridgehead atoms. The third kappa shape index (κ3) is 4.23. The van der Waals surface area contributed by atoms with Crippen molar-refractivity contribution in [3.63, 3.8) is 0 Å². The monoisotopic (exact) mass is 282 g/mol. The largest absolute Gasteiger partial charge is 0.486 e. The van der Waals surface area contributed by atoms with Gasteiger partial charge < -0.3 is 15.2 Å². The molecular formula is C17H18N2O2. The van der Waals surface area contributed by atoms with Crippen LogP contribution >= 0.6 is 0 Å². The zero-order chi connectivity index (χ0) is 15.1. The van der Waals surface area contributed by atoms with E-state index in [9.17, 15) is 0 Å². The number of nitrogens with zero attached hydrogens (tertiary/aromatic N) is 1. The van der Waals surface area contributed by atoms with Crippen molar-refractivity contribution < 1.29 is 9.47 Å². The van der Waals surface area contributed by atoms with Gasteiger partial charge in [0.05, 0.1) is 24.9 Å². The number of benzene rings is 1. The molecule has 2 rings (SSSR count). The third-order valence-electron chi connectivity index (χ3n) is 2.83. The highest BCUT2D eigenvalue weighted by atomic mass is 16.5. The van der Waals surface area contributed by atoms with E-state index in [0.29, 0.717) is 19.0 Å². The molecular weight excluding hydrogens is 264 g/mol. The van der Waals surface area contributed by atoms with E-state index in [-0.39, 0.29) is 0 Å². The zero-order valence-corrected chi connectivity index (χ0v) is 12.2. The molecule has 0 spiro atoms. The quantitative estimate of drug-likeness (QED) is 0.874. The van der Waals surface area contributed by atoms with E-state index in [4.69, 9.17) is 15.2 Å². The molecule has 1 aromatic carbocycles. The molecule has 0 fully saturated rings. The van der Waals surface area contributed by atoms with Crippen LogP contribution in [0.5, 0.6) is 11.6 Å². The normalized spacial score (nSPS) is 9.67. The first kappa shape index (κ1) is 14.9. The number of ether oxygens (including phenoxy) is 2. The maximum absolute atomic E-state index is 5.81. The van der Waals surface area contributed by atoms with Gasteiger partial charge in [0.25, 0.3) is 0 Å². The van der Waals surface area contributed by atoms with Crippen molar-refractivity contribution in [1.29, 1.82) is 0 Å². The second-order valence-electron chi connectivity index (χ2n) is 4.47. The van der Waals surface area contributed by atoms with Gasteiger partial charge in [0, 0.05) is 6.07 Å². The molecule has 21 heavy (non-hydrogen) atoms. The lowest BCUT2D eigenvalue weighted by molar-refractivity contribution is 0.297. The van der Waals surface area contributed by atoms with Crippen molar-refractivity contribution in [2.45, 2.75) is 13.5 Å². The number of methoxy groups -OCH3 is 1. The van der Waals surface area contributed by atoms with E-state index >= 15 is 0 Å². The molecule has 0 aliphatic carbocycles. The van der Waals surface area contributed by atoms with Crippen LogP contribution < -0.4 is 15.2 Å². The van der Waals surface area contributed by atoms with Crippen LogP contribution in [0.15, 0.2) is 36.4 Å². The van der Waals surface area contributed by atoms with Crippen molar-refractivity contribution in [1.82, 2.24) is 4.98 Å². The van der Waals surface area contributed by atoms with E-state index in [0.717, 1.165) is 22.6 Å². The summed E-state index contributed by atoms with van der Waals surface area (Å²) < 4.78 is 10.9. The first-order chi connectivity index (χ1) is 10.2. The van der Waals surface area contributed by atoms with Crippen molar-refractivity contribution in [2.24, 2.45) is 5.73 Å². The Hall–Kier alpha value is -2.51. The Balaban J connectivity index is 2.15. The summed E-state index contributed by atoms with van der Waals surface area (Å²) in [6.45, 7) is 2.70. The zero-order valence-electron chi connectivity index (χ0n) is 12.2. The van der Waals surface area contributed by atoms with Crippen molar-refractivity contribution in [3.05, 3.63) is 53.2 Å². The number of aryl methyl sites for hydroxylation is 1. The van der Waals surface area contributed by atoms with E-state index < -0.39 is 0 Å². The highest BCUT2D eigenvalue weighted by Crippen LogP contribution is 2.20. The van der Waals surface area contributed by atoms with Gasteiger partial charge in [0.1, 0.15) is 12.4 Å². The molecule has 0 radical (unpaired) electrons. The highest BCUT2D eigenvalue weighted by Gasteiger charge is 2.04. The number of aromatic nitrogens is 1. The molecule has 2 N–H and O–H groups in total. The van der Waals surface area contributed by atoms with Gasteiger partial charge >= 0.3 is 0 Å². The third-order valence-corrected chi connectivity index (χ3v) is 2.83. The van der Waals surface area contributed by atoms with Crippen LogP contribution in [0.4, 0.5) is 0 Å². The molecule has 0 aliphatic rings. The van der Waals surface area contributed by atoms with Gasteiger partial charge in [-0.05, 0) is 30.7 Å². The van der Waals surface area contributed by atoms with Crippen LogP contribution in [0.1, 0.15) is 16.8 Å². The Labute approximate surface area is 124 Å². The van der Waals surface area contributed by atoms with Gasteiger partial charge in [-0.3, -0.25) is 0 Å². The van der Waals surface area contributed by atoms with Crippen molar-refractivity contribution >= 4 is 0 Å². The predicted octanol–water partition coefficient (Wildman–Crippen LogP) is 2.29. The molecule has 0 amide bonds. The van der Waals surface area contributed by atoms with Gasteiger partial charge in [-0.25, -0.2) is 4.98 Å². The fourth-order valence-corrected chi connectivity index (χ4v) is 1.82. The Morgan fingerprint density at radius 2 is 2.10 bits per heavy atom. The number of nitrogens with two attached hydrogens (primary N) is 1. The van der Waals surface area contributed by atoms with E-state index in [2.05, 4.69) is 16.8 Å². The molecule has 1 aromatic heterocycles. The first-order valence-corrected chi connectivity index (χ1v) is 6.65. The summed E-state index contributed by atoms with van der Waals surface area (Å²) in [5.41, 5.74) is 8.19. The molecule has 0 saturated heterocycles. The Morgan fingerprint density at radius 3 is 2.86 bits per heavy atom. The number of pyridine rings is 1. The van der Waals surface area contributed by atoms with Crippen LogP contribution in [0.2, 0.25) is 0 Å². The number of hydrogen-bond donors (Lipinski definition) is 1. The Kier molecular flexibility index (Phi) is 5.19. The minimum atomic E-state index is 0.324. The molecule has 0 atom stereocenters. The second-order valence-corrected chi connectivity index (χ2v) is 4.47. The minimum Gasteiger partial charge on any atom is -0.486 e. The smallest absolute Gasteiger partial charge is 0.213 e. The summed E-state index contributed by atoms with van der Waals surface area (Å²) in [7, 11) is 1.59. The van der Waals surface area contributed by atoms with Gasteiger partial charge in [-0.2, -0.15) is 0 Å². The molecule has 0 aliphatic heterocycles. The summed E-state index contributed by atoms with van der Waals surface area (Å²) in [6.07, 6.45) is 0. The molecule has 108 valence electrons. The summed E-state index contributed by atoms with van der Waals surface area (Å²) >= 11 is 0. The molecule has 4 nitrogen and oxygen atoms in total. The fourth-order valence-electron chi connectivity index (χ4n) is 1.82. The average molecular weight is 282 g/mol. The highest BCUT2D eigenvalue weighted by molar-refractivity contribution is 5.48. The van der Waals surface area contributed by atoms with Crippen LogP contribution in [0.3, 0.4) is 0 Å². The van der Waals surface area contributed by atoms with Gasteiger partial charge in [-0.15, -0.1) is 0 Å². The molecule has 0 unspecified atom stereocenters. The number of hydrogen-bond acceptors (Lipinski definition) is 4. The first-order valence-electron chi connectivity index (χ1n) is 6.65. The topological polar surface area (TPSA) is 57.4 Å². The lowest BCUT2D eigenvalue weighted by Crippen LogP contribution is -2.01. The SMILES string of the molecule is COc1cccc(COc2ccc(C)cc2C#CCN)n1. The maximum Gasteiger partial charge on any atom is 0.213 e. The second kappa shape index (κ2) is 7.32. The standard InChI is InChI=1S/C17H18N2O2/c1-13-8-9-16(14(11-13)5-4-10-18)21-12-15-6-3-7-17(19-15)20-2/h3,6-9,11H,10,12,18H2,1-2H3. The van der Waals surface area contributed by atoms with E-state index in [1.165, 1.54) is 0 Å². The summed E-state index contributed by atoms with van der Waals surface area (Å²) in [4.78, 5) is 4.31. The molecule has 0 saturated carbocycles. The average Bonchev–Trinajstić information content (AvgIpc) is 2.52. The van der Waals surface area contributed by atoms with Crippen LogP contribution in [0.25, 0.3) is 0 Å². The lowest BCUT2D eigenvalue weighted by atomic mass is 10.1. The summed E-state index contributed by atoms with van der Waals surface area (Å²) in [5.74, 6) is 7.18. The molecule has 1 heterocycles. The van der Waals surface area contributed by atoms with Crippen molar-refractivity contribution in [2.75, 3.05) is 13.7 Å². The molecule has 2 aromatic rings. The van der Waals surface area contributed by atoms with Crippen LogP contribution in [-0.2, 0) is 6.61 Å². The Morgan fingerprint density at radius 1 is 1.24 bits per heavy atom. The summed E-state index contributed by atoms with van der Waals surface area (Å²) in [6, 6.07) is 11.5. The maximum atomic E-state index is 5.81. The van der Waals surface area contributed by atoms with E-state index in [1.54, 1.807) is 13.2 Å². The Bertz CT molecular complexity index is 672. The lowest BCUT2D eigenvalue weighted by Gasteiger charge is -2.09. The van der Waals surface area contributed by atoms with Crippen molar-refractivity contribution in [3.8, 4) is 23.5 Å². The minimum absolute atomic E-state index is 0.324. The van der Waals surface area contributed by atoms with Gasteiger partial charge in [0.15, 0.2) is 0 Å².